The molecule has 0 bridgehead atoms. The van der Waals surface area contributed by atoms with Crippen LogP contribution < -0.4 is 4.74 Å². The zero-order chi connectivity index (χ0) is 13.8. The molecule has 0 heterocycles. The molecule has 0 aliphatic heterocycles. The first-order valence-electron chi connectivity index (χ1n) is 6.05. The summed E-state index contributed by atoms with van der Waals surface area (Å²) in [7, 11) is 0. The highest BCUT2D eigenvalue weighted by Crippen LogP contribution is 2.19. The minimum Gasteiger partial charge on any atom is -0.489 e. The van der Waals surface area contributed by atoms with Crippen LogP contribution in [0.2, 0.25) is 0 Å². The lowest BCUT2D eigenvalue weighted by atomic mass is 10.1. The third kappa shape index (κ3) is 3.67. The Morgan fingerprint density at radius 2 is 1.84 bits per heavy atom. The molecule has 19 heavy (non-hydrogen) atoms. The lowest BCUT2D eigenvalue weighted by Gasteiger charge is -2.09. The maximum atomic E-state index is 11.3. The molecule has 2 rings (SSSR count). The summed E-state index contributed by atoms with van der Waals surface area (Å²) >= 11 is 3.40. The molecule has 0 amide bonds. The van der Waals surface area contributed by atoms with Crippen molar-refractivity contribution in [2.45, 2.75) is 20.5 Å². The Kier molecular flexibility index (Phi) is 4.38. The fraction of sp³-hybridized carbons (Fsp3) is 0.188. The molecule has 98 valence electrons. The van der Waals surface area contributed by atoms with Crippen LogP contribution in [0.3, 0.4) is 0 Å². The number of carbonyl (C=O) groups excluding carboxylic acids is 1. The summed E-state index contributed by atoms with van der Waals surface area (Å²) in [6.07, 6.45) is 0. The van der Waals surface area contributed by atoms with Gasteiger partial charge >= 0.3 is 0 Å². The highest BCUT2D eigenvalue weighted by molar-refractivity contribution is 9.10. The van der Waals surface area contributed by atoms with E-state index in [1.807, 2.05) is 49.4 Å². The minimum absolute atomic E-state index is 0.0805. The monoisotopic (exact) mass is 318 g/mol. The number of Topliss-reactive ketones (excluding diaryl/α,β-unsaturated/α-hetero) is 1. The van der Waals surface area contributed by atoms with Crippen LogP contribution in [-0.2, 0) is 6.61 Å². The molecule has 0 saturated carbocycles. The lowest BCUT2D eigenvalue weighted by Crippen LogP contribution is -1.99. The molecular formula is C16H15BrO2. The molecule has 2 aromatic carbocycles. The number of carbonyl (C=O) groups is 1. The molecule has 0 radical (unpaired) electrons. The predicted octanol–water partition coefficient (Wildman–Crippen LogP) is 4.54. The summed E-state index contributed by atoms with van der Waals surface area (Å²) < 4.78 is 6.77. The minimum atomic E-state index is 0.0805. The van der Waals surface area contributed by atoms with Crippen molar-refractivity contribution in [2.24, 2.45) is 0 Å². The van der Waals surface area contributed by atoms with Crippen LogP contribution in [0.4, 0.5) is 0 Å². The summed E-state index contributed by atoms with van der Waals surface area (Å²) in [6.45, 7) is 4.01. The van der Waals surface area contributed by atoms with Gasteiger partial charge in [-0.1, -0.05) is 28.1 Å². The van der Waals surface area contributed by atoms with Gasteiger partial charge in [0, 0.05) is 10.0 Å². The van der Waals surface area contributed by atoms with Crippen LogP contribution in [0.5, 0.6) is 5.75 Å². The number of ether oxygens (including phenoxy) is 1. The van der Waals surface area contributed by atoms with Gasteiger partial charge in [-0.2, -0.15) is 0 Å². The molecule has 0 saturated heterocycles. The van der Waals surface area contributed by atoms with E-state index in [1.165, 1.54) is 0 Å². The molecule has 2 nitrogen and oxygen atoms in total. The normalized spacial score (nSPS) is 10.3. The summed E-state index contributed by atoms with van der Waals surface area (Å²) in [6, 6.07) is 13.6. The van der Waals surface area contributed by atoms with Gasteiger partial charge < -0.3 is 4.74 Å². The Morgan fingerprint density at radius 1 is 1.16 bits per heavy atom. The van der Waals surface area contributed by atoms with E-state index < -0.39 is 0 Å². The van der Waals surface area contributed by atoms with Crippen molar-refractivity contribution in [3.05, 3.63) is 63.6 Å². The van der Waals surface area contributed by atoms with Crippen molar-refractivity contribution in [3.63, 3.8) is 0 Å². The van der Waals surface area contributed by atoms with Crippen molar-refractivity contribution in [1.82, 2.24) is 0 Å². The molecular weight excluding hydrogens is 304 g/mol. The van der Waals surface area contributed by atoms with Crippen LogP contribution in [0.15, 0.2) is 46.9 Å². The third-order valence-electron chi connectivity index (χ3n) is 2.90. The number of hydrogen-bond acceptors (Lipinski definition) is 2. The van der Waals surface area contributed by atoms with Gasteiger partial charge in [0.15, 0.2) is 5.78 Å². The SMILES string of the molecule is CC(=O)c1ccc(OCc2ccc(Br)cc2)cc1C. The average Bonchev–Trinajstić information content (AvgIpc) is 2.37. The van der Waals surface area contributed by atoms with Gasteiger partial charge in [-0.15, -0.1) is 0 Å². The second-order valence-corrected chi connectivity index (χ2v) is 5.36. The quantitative estimate of drug-likeness (QED) is 0.774. The number of rotatable bonds is 4. The standard InChI is InChI=1S/C16H15BrO2/c1-11-9-15(7-8-16(11)12(2)18)19-10-13-3-5-14(17)6-4-13/h3-9H,10H2,1-2H3. The smallest absolute Gasteiger partial charge is 0.160 e. The summed E-state index contributed by atoms with van der Waals surface area (Å²) in [5.74, 6) is 0.863. The largest absolute Gasteiger partial charge is 0.489 e. The van der Waals surface area contributed by atoms with Crippen LogP contribution >= 0.6 is 15.9 Å². The zero-order valence-corrected chi connectivity index (χ0v) is 12.5. The molecule has 0 spiro atoms. The van der Waals surface area contributed by atoms with E-state index in [1.54, 1.807) is 6.92 Å². The predicted molar refractivity (Wildman–Crippen MR) is 79.7 cm³/mol. The van der Waals surface area contributed by atoms with E-state index in [-0.39, 0.29) is 5.78 Å². The van der Waals surface area contributed by atoms with E-state index in [4.69, 9.17) is 4.74 Å². The van der Waals surface area contributed by atoms with Gasteiger partial charge in [0.1, 0.15) is 12.4 Å². The Hall–Kier alpha value is -1.61. The van der Waals surface area contributed by atoms with Gasteiger partial charge in [-0.25, -0.2) is 0 Å². The third-order valence-corrected chi connectivity index (χ3v) is 3.42. The lowest BCUT2D eigenvalue weighted by molar-refractivity contribution is 0.101. The number of ketones is 1. The van der Waals surface area contributed by atoms with Gasteiger partial charge in [-0.3, -0.25) is 4.79 Å². The maximum Gasteiger partial charge on any atom is 0.160 e. The Bertz CT molecular complexity index is 588. The fourth-order valence-corrected chi connectivity index (χ4v) is 2.13. The summed E-state index contributed by atoms with van der Waals surface area (Å²) in [5, 5.41) is 0. The van der Waals surface area contributed by atoms with Gasteiger partial charge in [0.25, 0.3) is 0 Å². The van der Waals surface area contributed by atoms with E-state index in [0.29, 0.717) is 6.61 Å². The highest BCUT2D eigenvalue weighted by Gasteiger charge is 2.05. The van der Waals surface area contributed by atoms with E-state index in [2.05, 4.69) is 15.9 Å². The first kappa shape index (κ1) is 13.8. The summed E-state index contributed by atoms with van der Waals surface area (Å²) in [5.41, 5.74) is 2.80. The Balaban J connectivity index is 2.06. The Labute approximate surface area is 121 Å². The van der Waals surface area contributed by atoms with Crippen molar-refractivity contribution >= 4 is 21.7 Å². The van der Waals surface area contributed by atoms with Crippen molar-refractivity contribution in [3.8, 4) is 5.75 Å². The van der Waals surface area contributed by atoms with Gasteiger partial charge in [0.05, 0.1) is 0 Å². The van der Waals surface area contributed by atoms with Crippen molar-refractivity contribution < 1.29 is 9.53 Å². The molecule has 0 unspecified atom stereocenters. The molecule has 0 atom stereocenters. The molecule has 0 aliphatic rings. The van der Waals surface area contributed by atoms with Gasteiger partial charge in [-0.05, 0) is 55.3 Å². The summed E-state index contributed by atoms with van der Waals surface area (Å²) in [4.78, 5) is 11.3. The number of aryl methyl sites for hydroxylation is 1. The van der Waals surface area contributed by atoms with Crippen LogP contribution in [0.25, 0.3) is 0 Å². The molecule has 0 fully saturated rings. The number of hydrogen-bond donors (Lipinski definition) is 0. The van der Waals surface area contributed by atoms with Crippen LogP contribution in [0.1, 0.15) is 28.4 Å². The molecule has 3 heteroatoms. The second kappa shape index (κ2) is 6.02. The van der Waals surface area contributed by atoms with Crippen molar-refractivity contribution in [1.29, 1.82) is 0 Å². The van der Waals surface area contributed by atoms with Crippen LogP contribution in [-0.4, -0.2) is 5.78 Å². The first-order valence-corrected chi connectivity index (χ1v) is 6.84. The highest BCUT2D eigenvalue weighted by atomic mass is 79.9. The van der Waals surface area contributed by atoms with Gasteiger partial charge in [0.2, 0.25) is 0 Å². The number of benzene rings is 2. The second-order valence-electron chi connectivity index (χ2n) is 4.45. The number of halogens is 1. The topological polar surface area (TPSA) is 26.3 Å². The zero-order valence-electron chi connectivity index (χ0n) is 10.9. The molecule has 0 aromatic heterocycles. The molecule has 0 aliphatic carbocycles. The Morgan fingerprint density at radius 3 is 2.42 bits per heavy atom. The molecule has 0 N–H and O–H groups in total. The van der Waals surface area contributed by atoms with E-state index in [9.17, 15) is 4.79 Å². The molecule has 2 aromatic rings. The maximum absolute atomic E-state index is 11.3. The first-order chi connectivity index (χ1) is 9.06. The fourth-order valence-electron chi connectivity index (χ4n) is 1.87. The van der Waals surface area contributed by atoms with E-state index in [0.717, 1.165) is 26.9 Å². The van der Waals surface area contributed by atoms with Crippen LogP contribution in [0, 0.1) is 6.92 Å². The van der Waals surface area contributed by atoms with Crippen molar-refractivity contribution in [2.75, 3.05) is 0 Å². The van der Waals surface area contributed by atoms with E-state index >= 15 is 0 Å². The average molecular weight is 319 g/mol.